The predicted molar refractivity (Wildman–Crippen MR) is 71.0 cm³/mol. The topological polar surface area (TPSA) is 44.4 Å². The van der Waals surface area contributed by atoms with E-state index in [1.807, 2.05) is 0 Å². The molecule has 0 aromatic heterocycles. The molecule has 0 radical (unpaired) electrons. The highest BCUT2D eigenvalue weighted by Gasteiger charge is 2.30. The molecule has 1 rings (SSSR count). The lowest BCUT2D eigenvalue weighted by atomic mass is 10.0. The summed E-state index contributed by atoms with van der Waals surface area (Å²) in [5.74, 6) is 0.798. The molecule has 17 heavy (non-hydrogen) atoms. The molecule has 4 nitrogen and oxygen atoms in total. The number of hydrogen-bond donors (Lipinski definition) is 2. The molecule has 0 unspecified atom stereocenters. The third-order valence-corrected chi connectivity index (χ3v) is 3.35. The van der Waals surface area contributed by atoms with Crippen molar-refractivity contribution in [1.82, 2.24) is 15.5 Å². The number of hydrogen-bond acceptors (Lipinski definition) is 3. The number of amides is 1. The van der Waals surface area contributed by atoms with Crippen molar-refractivity contribution in [1.29, 1.82) is 0 Å². The molecule has 1 fully saturated rings. The van der Waals surface area contributed by atoms with Crippen LogP contribution in [0.5, 0.6) is 0 Å². The maximum atomic E-state index is 11.8. The zero-order chi connectivity index (χ0) is 12.9. The van der Waals surface area contributed by atoms with Gasteiger partial charge >= 0.3 is 0 Å². The van der Waals surface area contributed by atoms with Crippen LogP contribution in [-0.2, 0) is 4.79 Å². The zero-order valence-corrected chi connectivity index (χ0v) is 11.7. The van der Waals surface area contributed by atoms with Crippen LogP contribution in [0.2, 0.25) is 0 Å². The smallest absolute Gasteiger partial charge is 0.234 e. The molecule has 2 N–H and O–H groups in total. The lowest BCUT2D eigenvalue weighted by Crippen LogP contribution is -2.59. The van der Waals surface area contributed by atoms with Gasteiger partial charge in [0.05, 0.1) is 6.54 Å². The Kier molecular flexibility index (Phi) is 5.40. The van der Waals surface area contributed by atoms with E-state index in [1.54, 1.807) is 0 Å². The third kappa shape index (κ3) is 5.04. The van der Waals surface area contributed by atoms with Crippen LogP contribution in [-0.4, -0.2) is 49.1 Å². The SMILES string of the molecule is CC(C)CCNC(=O)CN1CCNCC1(C)C. The third-order valence-electron chi connectivity index (χ3n) is 3.35. The normalized spacial score (nSPS) is 20.5. The van der Waals surface area contributed by atoms with Gasteiger partial charge in [0.15, 0.2) is 0 Å². The van der Waals surface area contributed by atoms with Crippen molar-refractivity contribution < 1.29 is 4.79 Å². The predicted octanol–water partition coefficient (Wildman–Crippen LogP) is 0.833. The number of nitrogens with zero attached hydrogens (tertiary/aromatic N) is 1. The van der Waals surface area contributed by atoms with Crippen molar-refractivity contribution in [3.63, 3.8) is 0 Å². The van der Waals surface area contributed by atoms with Gasteiger partial charge in [0.1, 0.15) is 0 Å². The highest BCUT2D eigenvalue weighted by atomic mass is 16.2. The van der Waals surface area contributed by atoms with Crippen molar-refractivity contribution in [3.8, 4) is 0 Å². The highest BCUT2D eigenvalue weighted by molar-refractivity contribution is 5.78. The molecule has 0 atom stereocenters. The van der Waals surface area contributed by atoms with Crippen molar-refractivity contribution in [3.05, 3.63) is 0 Å². The quantitative estimate of drug-likeness (QED) is 0.749. The zero-order valence-electron chi connectivity index (χ0n) is 11.7. The number of rotatable bonds is 5. The maximum Gasteiger partial charge on any atom is 0.234 e. The van der Waals surface area contributed by atoms with Gasteiger partial charge in [-0.2, -0.15) is 0 Å². The van der Waals surface area contributed by atoms with Gasteiger partial charge in [-0.15, -0.1) is 0 Å². The Hall–Kier alpha value is -0.610. The lowest BCUT2D eigenvalue weighted by molar-refractivity contribution is -0.124. The molecule has 1 heterocycles. The summed E-state index contributed by atoms with van der Waals surface area (Å²) < 4.78 is 0. The minimum absolute atomic E-state index is 0.0770. The van der Waals surface area contributed by atoms with E-state index >= 15 is 0 Å². The van der Waals surface area contributed by atoms with Gasteiger partial charge in [-0.1, -0.05) is 13.8 Å². The lowest BCUT2D eigenvalue weighted by Gasteiger charge is -2.42. The van der Waals surface area contributed by atoms with Gasteiger partial charge in [0, 0.05) is 31.7 Å². The van der Waals surface area contributed by atoms with Gasteiger partial charge in [0.25, 0.3) is 0 Å². The fourth-order valence-corrected chi connectivity index (χ4v) is 2.05. The molecule has 0 saturated carbocycles. The number of carbonyl (C=O) groups is 1. The van der Waals surface area contributed by atoms with E-state index in [9.17, 15) is 4.79 Å². The van der Waals surface area contributed by atoms with Crippen molar-refractivity contribution in [2.75, 3.05) is 32.7 Å². The monoisotopic (exact) mass is 241 g/mol. The Morgan fingerprint density at radius 3 is 2.76 bits per heavy atom. The molecule has 0 aromatic rings. The van der Waals surface area contributed by atoms with Gasteiger partial charge in [-0.25, -0.2) is 0 Å². The first-order valence-corrected chi connectivity index (χ1v) is 6.64. The summed E-state index contributed by atoms with van der Waals surface area (Å²) in [4.78, 5) is 14.1. The molecular formula is C13H27N3O. The Labute approximate surface area is 105 Å². The summed E-state index contributed by atoms with van der Waals surface area (Å²) in [6.45, 7) is 12.9. The van der Waals surface area contributed by atoms with E-state index < -0.39 is 0 Å². The van der Waals surface area contributed by atoms with E-state index in [1.165, 1.54) is 0 Å². The van der Waals surface area contributed by atoms with Crippen molar-refractivity contribution in [2.45, 2.75) is 39.7 Å². The van der Waals surface area contributed by atoms with E-state index in [4.69, 9.17) is 0 Å². The Morgan fingerprint density at radius 2 is 2.18 bits per heavy atom. The maximum absolute atomic E-state index is 11.8. The Balaban J connectivity index is 2.29. The van der Waals surface area contributed by atoms with Crippen LogP contribution in [0.1, 0.15) is 34.1 Å². The van der Waals surface area contributed by atoms with Gasteiger partial charge in [-0.3, -0.25) is 9.69 Å². The van der Waals surface area contributed by atoms with Crippen LogP contribution in [0.25, 0.3) is 0 Å². The van der Waals surface area contributed by atoms with Crippen molar-refractivity contribution >= 4 is 5.91 Å². The van der Waals surface area contributed by atoms with Crippen LogP contribution in [0.3, 0.4) is 0 Å². The molecule has 4 heteroatoms. The second-order valence-corrected chi connectivity index (χ2v) is 5.94. The molecule has 0 spiro atoms. The van der Waals surface area contributed by atoms with Gasteiger partial charge in [0.2, 0.25) is 5.91 Å². The first kappa shape index (κ1) is 14.5. The van der Waals surface area contributed by atoms with Crippen LogP contribution in [0.15, 0.2) is 0 Å². The minimum atomic E-state index is 0.0770. The summed E-state index contributed by atoms with van der Waals surface area (Å²) >= 11 is 0. The van der Waals surface area contributed by atoms with Crippen LogP contribution >= 0.6 is 0 Å². The fourth-order valence-electron chi connectivity index (χ4n) is 2.05. The molecule has 1 saturated heterocycles. The van der Waals surface area contributed by atoms with E-state index in [0.717, 1.165) is 32.6 Å². The summed E-state index contributed by atoms with van der Waals surface area (Å²) in [7, 11) is 0. The van der Waals surface area contributed by atoms with Crippen LogP contribution in [0, 0.1) is 5.92 Å². The van der Waals surface area contributed by atoms with Gasteiger partial charge < -0.3 is 10.6 Å². The number of carbonyl (C=O) groups excluding carboxylic acids is 1. The highest BCUT2D eigenvalue weighted by Crippen LogP contribution is 2.15. The number of nitrogens with one attached hydrogen (secondary N) is 2. The summed E-state index contributed by atoms with van der Waals surface area (Å²) in [6, 6.07) is 0. The van der Waals surface area contributed by atoms with E-state index in [0.29, 0.717) is 12.5 Å². The average Bonchev–Trinajstić information content (AvgIpc) is 2.20. The largest absolute Gasteiger partial charge is 0.355 e. The molecule has 100 valence electrons. The molecule has 0 bridgehead atoms. The fraction of sp³-hybridized carbons (Fsp3) is 0.923. The first-order chi connectivity index (χ1) is 7.92. The van der Waals surface area contributed by atoms with Crippen LogP contribution < -0.4 is 10.6 Å². The van der Waals surface area contributed by atoms with E-state index in [2.05, 4.69) is 43.2 Å². The van der Waals surface area contributed by atoms with Crippen molar-refractivity contribution in [2.24, 2.45) is 5.92 Å². The second-order valence-electron chi connectivity index (χ2n) is 5.94. The van der Waals surface area contributed by atoms with Gasteiger partial charge in [-0.05, 0) is 26.2 Å². The Morgan fingerprint density at radius 1 is 1.47 bits per heavy atom. The molecule has 0 aromatic carbocycles. The molecule has 1 amide bonds. The summed E-state index contributed by atoms with van der Waals surface area (Å²) in [5, 5.41) is 6.36. The molecular weight excluding hydrogens is 214 g/mol. The molecule has 0 aliphatic carbocycles. The van der Waals surface area contributed by atoms with Crippen LogP contribution in [0.4, 0.5) is 0 Å². The molecule has 1 aliphatic rings. The standard InChI is InChI=1S/C13H27N3O/c1-11(2)5-6-15-12(17)9-16-8-7-14-10-13(16,3)4/h11,14H,5-10H2,1-4H3,(H,15,17). The summed E-state index contributed by atoms with van der Waals surface area (Å²) in [6.07, 6.45) is 1.05. The molecule has 1 aliphatic heterocycles. The summed E-state index contributed by atoms with van der Waals surface area (Å²) in [5.41, 5.74) is 0.0770. The Bertz CT molecular complexity index is 251. The minimum Gasteiger partial charge on any atom is -0.355 e. The average molecular weight is 241 g/mol. The first-order valence-electron chi connectivity index (χ1n) is 6.64. The van der Waals surface area contributed by atoms with E-state index in [-0.39, 0.29) is 11.4 Å². The number of piperazine rings is 1. The second kappa shape index (κ2) is 6.36.